The maximum atomic E-state index is 12.0. The number of carbonyl (C=O) groups excluding carboxylic acids is 1. The normalized spacial score (nSPS) is 15.6. The van der Waals surface area contributed by atoms with Gasteiger partial charge in [0.05, 0.1) is 19.2 Å². The van der Waals surface area contributed by atoms with E-state index in [0.29, 0.717) is 10.8 Å². The van der Waals surface area contributed by atoms with Crippen molar-refractivity contribution in [3.8, 4) is 5.00 Å². The molecule has 8 heteroatoms. The molecule has 2 aromatic heterocycles. The number of fused-ring (bicyclic) bond motifs is 3. The van der Waals surface area contributed by atoms with Crippen molar-refractivity contribution in [2.75, 3.05) is 7.11 Å². The van der Waals surface area contributed by atoms with E-state index in [4.69, 9.17) is 21.3 Å². The highest BCUT2D eigenvalue weighted by Gasteiger charge is 2.31. The standard InChI is InChI=1S/C19H17ClN4O2S/c1-10-9-27-19-16(10)17(12-4-6-13(20)7-5-12)21-14(8-15(25)26-3)18-23-22-11(2)24(18)19/h4-7,9,14H,8H2,1-3H3/t14-/m0/s1. The Morgan fingerprint density at radius 1 is 1.26 bits per heavy atom. The van der Waals surface area contributed by atoms with E-state index in [9.17, 15) is 4.79 Å². The van der Waals surface area contributed by atoms with E-state index in [2.05, 4.69) is 22.5 Å². The van der Waals surface area contributed by atoms with Crippen molar-refractivity contribution in [2.24, 2.45) is 4.99 Å². The van der Waals surface area contributed by atoms with Gasteiger partial charge in [-0.25, -0.2) is 0 Å². The van der Waals surface area contributed by atoms with Gasteiger partial charge in [0.2, 0.25) is 0 Å². The van der Waals surface area contributed by atoms with E-state index in [1.165, 1.54) is 7.11 Å². The zero-order valence-corrected chi connectivity index (χ0v) is 16.6. The third kappa shape index (κ3) is 3.07. The number of aromatic nitrogens is 3. The lowest BCUT2D eigenvalue weighted by Crippen LogP contribution is -2.12. The molecule has 0 radical (unpaired) electrons. The highest BCUT2D eigenvalue weighted by Crippen LogP contribution is 2.37. The van der Waals surface area contributed by atoms with Crippen molar-refractivity contribution in [2.45, 2.75) is 26.3 Å². The van der Waals surface area contributed by atoms with Gasteiger partial charge in [0.25, 0.3) is 0 Å². The van der Waals surface area contributed by atoms with Crippen LogP contribution >= 0.6 is 22.9 Å². The molecule has 0 amide bonds. The van der Waals surface area contributed by atoms with Gasteiger partial charge in [-0.1, -0.05) is 23.7 Å². The summed E-state index contributed by atoms with van der Waals surface area (Å²) < 4.78 is 6.87. The van der Waals surface area contributed by atoms with Crippen LogP contribution in [0.25, 0.3) is 5.00 Å². The summed E-state index contributed by atoms with van der Waals surface area (Å²) in [6.07, 6.45) is 0.0969. The number of nitrogens with zero attached hydrogens (tertiary/aromatic N) is 4. The van der Waals surface area contributed by atoms with Crippen molar-refractivity contribution in [1.82, 2.24) is 14.8 Å². The van der Waals surface area contributed by atoms with Crippen LogP contribution in [0.5, 0.6) is 0 Å². The number of rotatable bonds is 3. The molecular weight excluding hydrogens is 384 g/mol. The van der Waals surface area contributed by atoms with Gasteiger partial charge in [-0.15, -0.1) is 21.5 Å². The fourth-order valence-corrected chi connectivity index (χ4v) is 4.45. The van der Waals surface area contributed by atoms with Crippen LogP contribution in [-0.4, -0.2) is 33.6 Å². The highest BCUT2D eigenvalue weighted by molar-refractivity contribution is 7.13. The highest BCUT2D eigenvalue weighted by atomic mass is 35.5. The van der Waals surface area contributed by atoms with Crippen molar-refractivity contribution in [3.05, 3.63) is 63.0 Å². The fraction of sp³-hybridized carbons (Fsp3) is 0.263. The van der Waals surface area contributed by atoms with Crippen LogP contribution < -0.4 is 0 Å². The lowest BCUT2D eigenvalue weighted by Gasteiger charge is -2.11. The number of aliphatic imine (C=N–C) groups is 1. The van der Waals surface area contributed by atoms with Gasteiger partial charge in [-0.2, -0.15) is 0 Å². The largest absolute Gasteiger partial charge is 0.469 e. The first-order valence-electron chi connectivity index (χ1n) is 8.41. The Labute approximate surface area is 165 Å². The zero-order valence-electron chi connectivity index (χ0n) is 15.1. The predicted octanol–water partition coefficient (Wildman–Crippen LogP) is 4.05. The summed E-state index contributed by atoms with van der Waals surface area (Å²) in [6, 6.07) is 7.08. The molecular formula is C19H17ClN4O2S. The summed E-state index contributed by atoms with van der Waals surface area (Å²) in [5.41, 5.74) is 3.90. The van der Waals surface area contributed by atoms with Crippen molar-refractivity contribution < 1.29 is 9.53 Å². The lowest BCUT2D eigenvalue weighted by molar-refractivity contribution is -0.141. The minimum atomic E-state index is -0.483. The molecule has 4 rings (SSSR count). The van der Waals surface area contributed by atoms with E-state index < -0.39 is 6.04 Å². The topological polar surface area (TPSA) is 69.4 Å². The second-order valence-corrected chi connectivity index (χ2v) is 7.61. The van der Waals surface area contributed by atoms with Crippen LogP contribution in [0.2, 0.25) is 5.02 Å². The molecule has 0 aliphatic carbocycles. The van der Waals surface area contributed by atoms with Crippen LogP contribution in [0.15, 0.2) is 34.6 Å². The quantitative estimate of drug-likeness (QED) is 0.622. The third-order valence-corrected chi connectivity index (χ3v) is 5.87. The summed E-state index contributed by atoms with van der Waals surface area (Å²) in [4.78, 5) is 17.0. The molecule has 0 spiro atoms. The number of aryl methyl sites for hydroxylation is 2. The van der Waals surface area contributed by atoms with Crippen molar-refractivity contribution in [1.29, 1.82) is 0 Å². The van der Waals surface area contributed by atoms with Gasteiger partial charge >= 0.3 is 5.97 Å². The maximum Gasteiger partial charge on any atom is 0.308 e. The molecule has 138 valence electrons. The number of thiophene rings is 1. The van der Waals surface area contributed by atoms with E-state index >= 15 is 0 Å². The first kappa shape index (κ1) is 17.9. The first-order chi connectivity index (χ1) is 13.0. The minimum absolute atomic E-state index is 0.0969. The number of methoxy groups -OCH3 is 1. The van der Waals surface area contributed by atoms with E-state index in [1.807, 2.05) is 35.8 Å². The van der Waals surface area contributed by atoms with Gasteiger partial charge in [0, 0.05) is 16.1 Å². The smallest absolute Gasteiger partial charge is 0.308 e. The van der Waals surface area contributed by atoms with Crippen LogP contribution in [-0.2, 0) is 9.53 Å². The summed E-state index contributed by atoms with van der Waals surface area (Å²) in [5, 5.41) is 12.3. The summed E-state index contributed by atoms with van der Waals surface area (Å²) >= 11 is 7.68. The number of esters is 1. The Kier molecular flexibility index (Phi) is 4.57. The van der Waals surface area contributed by atoms with E-state index in [0.717, 1.165) is 33.2 Å². The van der Waals surface area contributed by atoms with Crippen molar-refractivity contribution >= 4 is 34.6 Å². The molecule has 0 unspecified atom stereocenters. The van der Waals surface area contributed by atoms with Gasteiger partial charge in [0.1, 0.15) is 16.9 Å². The second kappa shape index (κ2) is 6.90. The van der Waals surface area contributed by atoms with Crippen LogP contribution in [0.4, 0.5) is 0 Å². The third-order valence-electron chi connectivity index (χ3n) is 4.53. The van der Waals surface area contributed by atoms with Crippen LogP contribution in [0.1, 0.15) is 40.8 Å². The molecule has 1 aromatic carbocycles. The van der Waals surface area contributed by atoms with Gasteiger partial charge in [-0.05, 0) is 36.9 Å². The minimum Gasteiger partial charge on any atom is -0.469 e. The summed E-state index contributed by atoms with van der Waals surface area (Å²) in [6.45, 7) is 3.96. The molecule has 0 bridgehead atoms. The Hall–Kier alpha value is -2.51. The molecule has 0 saturated heterocycles. The number of hydrogen-bond donors (Lipinski definition) is 0. The molecule has 1 atom stereocenters. The average Bonchev–Trinajstić information content (AvgIpc) is 3.18. The van der Waals surface area contributed by atoms with Crippen molar-refractivity contribution in [3.63, 3.8) is 0 Å². The molecule has 1 aliphatic heterocycles. The Morgan fingerprint density at radius 3 is 2.70 bits per heavy atom. The molecule has 0 fully saturated rings. The fourth-order valence-electron chi connectivity index (χ4n) is 3.21. The summed E-state index contributed by atoms with van der Waals surface area (Å²) in [5.74, 6) is 1.06. The molecule has 27 heavy (non-hydrogen) atoms. The van der Waals surface area contributed by atoms with Crippen LogP contribution in [0.3, 0.4) is 0 Å². The monoisotopic (exact) mass is 400 g/mol. The Morgan fingerprint density at radius 2 is 2.00 bits per heavy atom. The number of ether oxygens (including phenoxy) is 1. The molecule has 0 saturated carbocycles. The second-order valence-electron chi connectivity index (χ2n) is 6.32. The van der Waals surface area contributed by atoms with E-state index in [1.54, 1.807) is 11.3 Å². The average molecular weight is 401 g/mol. The number of carbonyl (C=O) groups is 1. The first-order valence-corrected chi connectivity index (χ1v) is 9.66. The van der Waals surface area contributed by atoms with E-state index in [-0.39, 0.29) is 12.4 Å². The predicted molar refractivity (Wildman–Crippen MR) is 105 cm³/mol. The van der Waals surface area contributed by atoms with Gasteiger partial charge < -0.3 is 4.74 Å². The molecule has 1 aliphatic rings. The number of benzene rings is 1. The molecule has 3 aromatic rings. The Balaban J connectivity index is 1.97. The summed E-state index contributed by atoms with van der Waals surface area (Å²) in [7, 11) is 1.37. The maximum absolute atomic E-state index is 12.0. The number of hydrogen-bond acceptors (Lipinski definition) is 6. The molecule has 6 nitrogen and oxygen atoms in total. The number of halogens is 1. The molecule has 0 N–H and O–H groups in total. The SMILES string of the molecule is COC(=O)C[C@@H]1N=C(c2ccc(Cl)cc2)c2c(C)csc2-n2c(C)nnc21. The van der Waals surface area contributed by atoms with Gasteiger partial charge in [-0.3, -0.25) is 14.4 Å². The lowest BCUT2D eigenvalue weighted by atomic mass is 10.0. The van der Waals surface area contributed by atoms with Crippen LogP contribution in [0, 0.1) is 13.8 Å². The Bertz CT molecular complexity index is 1050. The van der Waals surface area contributed by atoms with Gasteiger partial charge in [0.15, 0.2) is 5.82 Å². The zero-order chi connectivity index (χ0) is 19.1. The molecule has 3 heterocycles.